The molecule has 0 radical (unpaired) electrons. The lowest BCUT2D eigenvalue weighted by atomic mass is 9.99. The lowest BCUT2D eigenvalue weighted by Gasteiger charge is -2.35. The maximum atomic E-state index is 12.5. The maximum Gasteiger partial charge on any atom is 0.226 e. The van der Waals surface area contributed by atoms with Gasteiger partial charge in [-0.25, -0.2) is 0 Å². The van der Waals surface area contributed by atoms with Crippen molar-refractivity contribution >= 4 is 5.91 Å². The van der Waals surface area contributed by atoms with Crippen molar-refractivity contribution in [2.45, 2.75) is 31.7 Å². The van der Waals surface area contributed by atoms with E-state index in [1.807, 2.05) is 41.3 Å². The molecule has 1 N–H and O–H groups in total. The number of para-hydroxylation sites is 1. The molecule has 1 atom stereocenters. The lowest BCUT2D eigenvalue weighted by Crippen LogP contribution is -2.39. The van der Waals surface area contributed by atoms with E-state index in [9.17, 15) is 4.79 Å². The van der Waals surface area contributed by atoms with Crippen molar-refractivity contribution in [2.75, 3.05) is 13.2 Å². The molecule has 1 aliphatic rings. The number of hydrogen-bond donors (Lipinski definition) is 1. The van der Waals surface area contributed by atoms with Crippen molar-refractivity contribution in [1.29, 1.82) is 0 Å². The summed E-state index contributed by atoms with van der Waals surface area (Å²) in [5.74, 6) is 0.953. The third-order valence-electron chi connectivity index (χ3n) is 4.03. The third-order valence-corrected chi connectivity index (χ3v) is 4.03. The topological polar surface area (TPSA) is 58.2 Å². The van der Waals surface area contributed by atoms with Gasteiger partial charge < -0.3 is 9.64 Å². The molecule has 5 heteroatoms. The van der Waals surface area contributed by atoms with E-state index in [4.69, 9.17) is 4.74 Å². The van der Waals surface area contributed by atoms with Crippen LogP contribution in [0.3, 0.4) is 0 Å². The molecule has 2 aromatic rings. The average molecular weight is 299 g/mol. The monoisotopic (exact) mass is 299 g/mol. The fraction of sp³-hybridized carbons (Fsp3) is 0.412. The van der Waals surface area contributed by atoms with Crippen LogP contribution in [-0.4, -0.2) is 34.2 Å². The Balaban J connectivity index is 1.56. The largest absolute Gasteiger partial charge is 0.493 e. The summed E-state index contributed by atoms with van der Waals surface area (Å²) in [6.07, 6.45) is 5.35. The Hall–Kier alpha value is -2.30. The van der Waals surface area contributed by atoms with Crippen LogP contribution in [0.1, 0.15) is 37.4 Å². The quantitative estimate of drug-likeness (QED) is 0.923. The molecule has 0 spiro atoms. The van der Waals surface area contributed by atoms with Gasteiger partial charge in [0, 0.05) is 12.7 Å². The number of hydrogen-bond acceptors (Lipinski definition) is 3. The predicted octanol–water partition coefficient (Wildman–Crippen LogP) is 2.93. The number of aromatic amines is 1. The summed E-state index contributed by atoms with van der Waals surface area (Å²) in [6.45, 7) is 1.23. The summed E-state index contributed by atoms with van der Waals surface area (Å²) in [4.78, 5) is 14.5. The number of amides is 1. The fourth-order valence-corrected chi connectivity index (χ4v) is 2.92. The molecule has 1 amide bonds. The van der Waals surface area contributed by atoms with E-state index in [0.717, 1.165) is 37.3 Å². The van der Waals surface area contributed by atoms with Crippen molar-refractivity contribution in [1.82, 2.24) is 15.1 Å². The van der Waals surface area contributed by atoms with Crippen LogP contribution in [0.25, 0.3) is 0 Å². The maximum absolute atomic E-state index is 12.5. The Morgan fingerprint density at radius 3 is 2.91 bits per heavy atom. The lowest BCUT2D eigenvalue weighted by molar-refractivity contribution is -0.135. The summed E-state index contributed by atoms with van der Waals surface area (Å²) in [5.41, 5.74) is 1.03. The SMILES string of the molecule is O=C(CCOc1ccccc1)N1CCCC[C@@H]1c1ccn[nH]1. The van der Waals surface area contributed by atoms with Crippen molar-refractivity contribution in [3.8, 4) is 5.75 Å². The smallest absolute Gasteiger partial charge is 0.226 e. The minimum atomic E-state index is 0.125. The summed E-state index contributed by atoms with van der Waals surface area (Å²) in [5, 5.41) is 7.00. The van der Waals surface area contributed by atoms with Gasteiger partial charge in [0.05, 0.1) is 24.8 Å². The van der Waals surface area contributed by atoms with Crippen LogP contribution >= 0.6 is 0 Å². The van der Waals surface area contributed by atoms with Crippen molar-refractivity contribution < 1.29 is 9.53 Å². The van der Waals surface area contributed by atoms with Gasteiger partial charge in [-0.05, 0) is 37.5 Å². The molecule has 5 nitrogen and oxygen atoms in total. The number of ether oxygens (including phenoxy) is 1. The number of aromatic nitrogens is 2. The van der Waals surface area contributed by atoms with Crippen LogP contribution in [-0.2, 0) is 4.79 Å². The van der Waals surface area contributed by atoms with E-state index in [0.29, 0.717) is 13.0 Å². The minimum Gasteiger partial charge on any atom is -0.493 e. The Bertz CT molecular complexity index is 583. The van der Waals surface area contributed by atoms with Gasteiger partial charge in [-0.3, -0.25) is 9.89 Å². The highest BCUT2D eigenvalue weighted by atomic mass is 16.5. The second-order valence-corrected chi connectivity index (χ2v) is 5.52. The Morgan fingerprint density at radius 1 is 1.27 bits per heavy atom. The Labute approximate surface area is 130 Å². The molecule has 1 aromatic carbocycles. The highest BCUT2D eigenvalue weighted by Crippen LogP contribution is 2.30. The Morgan fingerprint density at radius 2 is 2.14 bits per heavy atom. The summed E-state index contributed by atoms with van der Waals surface area (Å²) >= 11 is 0. The van der Waals surface area contributed by atoms with Gasteiger partial charge in [-0.1, -0.05) is 18.2 Å². The van der Waals surface area contributed by atoms with Crippen LogP contribution in [0.4, 0.5) is 0 Å². The van der Waals surface area contributed by atoms with E-state index in [-0.39, 0.29) is 11.9 Å². The molecule has 0 saturated carbocycles. The molecule has 0 unspecified atom stereocenters. The Kier molecular flexibility index (Phi) is 4.73. The first-order valence-electron chi connectivity index (χ1n) is 7.81. The van der Waals surface area contributed by atoms with Crippen LogP contribution in [0.5, 0.6) is 5.75 Å². The fourth-order valence-electron chi connectivity index (χ4n) is 2.92. The molecule has 116 valence electrons. The van der Waals surface area contributed by atoms with Gasteiger partial charge >= 0.3 is 0 Å². The first-order chi connectivity index (χ1) is 10.8. The number of benzene rings is 1. The summed E-state index contributed by atoms with van der Waals surface area (Å²) in [6, 6.07) is 11.7. The minimum absolute atomic E-state index is 0.125. The molecule has 1 aliphatic heterocycles. The third kappa shape index (κ3) is 3.47. The summed E-state index contributed by atoms with van der Waals surface area (Å²) < 4.78 is 5.63. The molecule has 2 heterocycles. The highest BCUT2D eigenvalue weighted by Gasteiger charge is 2.28. The average Bonchev–Trinajstić information content (AvgIpc) is 3.10. The van der Waals surface area contributed by atoms with Crippen LogP contribution in [0, 0.1) is 0 Å². The van der Waals surface area contributed by atoms with Crippen LogP contribution in [0.2, 0.25) is 0 Å². The van der Waals surface area contributed by atoms with Crippen LogP contribution < -0.4 is 4.74 Å². The zero-order chi connectivity index (χ0) is 15.2. The van der Waals surface area contributed by atoms with E-state index >= 15 is 0 Å². The molecule has 0 aliphatic carbocycles. The first-order valence-corrected chi connectivity index (χ1v) is 7.81. The van der Waals surface area contributed by atoms with Gasteiger partial charge in [0.1, 0.15) is 5.75 Å². The van der Waals surface area contributed by atoms with E-state index in [1.54, 1.807) is 6.20 Å². The number of rotatable bonds is 5. The number of likely N-dealkylation sites (tertiary alicyclic amines) is 1. The number of nitrogens with one attached hydrogen (secondary N) is 1. The van der Waals surface area contributed by atoms with Gasteiger partial charge in [-0.2, -0.15) is 5.10 Å². The van der Waals surface area contributed by atoms with E-state index in [1.165, 1.54) is 0 Å². The van der Waals surface area contributed by atoms with Crippen molar-refractivity contribution in [3.63, 3.8) is 0 Å². The molecular formula is C17H21N3O2. The standard InChI is InChI=1S/C17H21N3O2/c21-17(10-13-22-14-6-2-1-3-7-14)20-12-5-4-8-16(20)15-9-11-18-19-15/h1-3,6-7,9,11,16H,4-5,8,10,12-13H2,(H,18,19)/t16-/m1/s1. The predicted molar refractivity (Wildman–Crippen MR) is 83.4 cm³/mol. The number of H-pyrrole nitrogens is 1. The normalized spacial score (nSPS) is 18.2. The zero-order valence-electron chi connectivity index (χ0n) is 12.6. The van der Waals surface area contributed by atoms with Gasteiger partial charge in [0.2, 0.25) is 5.91 Å². The molecule has 1 saturated heterocycles. The van der Waals surface area contributed by atoms with Crippen molar-refractivity contribution in [2.24, 2.45) is 0 Å². The van der Waals surface area contributed by atoms with Gasteiger partial charge in [-0.15, -0.1) is 0 Å². The molecule has 22 heavy (non-hydrogen) atoms. The van der Waals surface area contributed by atoms with Gasteiger partial charge in [0.15, 0.2) is 0 Å². The summed E-state index contributed by atoms with van der Waals surface area (Å²) in [7, 11) is 0. The van der Waals surface area contributed by atoms with E-state index < -0.39 is 0 Å². The second-order valence-electron chi connectivity index (χ2n) is 5.52. The molecule has 0 bridgehead atoms. The van der Waals surface area contributed by atoms with E-state index in [2.05, 4.69) is 10.2 Å². The molecular weight excluding hydrogens is 278 g/mol. The number of carbonyl (C=O) groups excluding carboxylic acids is 1. The highest BCUT2D eigenvalue weighted by molar-refractivity contribution is 5.77. The molecule has 3 rings (SSSR count). The zero-order valence-corrected chi connectivity index (χ0v) is 12.6. The second kappa shape index (κ2) is 7.11. The number of piperidine rings is 1. The number of nitrogens with zero attached hydrogens (tertiary/aromatic N) is 2. The molecule has 1 aromatic heterocycles. The van der Waals surface area contributed by atoms with Gasteiger partial charge in [0.25, 0.3) is 0 Å². The van der Waals surface area contributed by atoms with Crippen molar-refractivity contribution in [3.05, 3.63) is 48.3 Å². The van der Waals surface area contributed by atoms with Crippen LogP contribution in [0.15, 0.2) is 42.6 Å². The number of carbonyl (C=O) groups is 1. The first kappa shape index (κ1) is 14.6. The molecule has 1 fully saturated rings.